The average Bonchev–Trinajstić information content (AvgIpc) is 2.40. The predicted octanol–water partition coefficient (Wildman–Crippen LogP) is 1.06. The van der Waals surface area contributed by atoms with Gasteiger partial charge in [-0.2, -0.15) is 5.26 Å². The summed E-state index contributed by atoms with van der Waals surface area (Å²) in [5, 5.41) is 23.7. The Morgan fingerprint density at radius 1 is 1.53 bits per heavy atom. The van der Waals surface area contributed by atoms with Gasteiger partial charge in [-0.25, -0.2) is 0 Å². The van der Waals surface area contributed by atoms with Crippen molar-refractivity contribution in [2.75, 3.05) is 26.3 Å². The van der Waals surface area contributed by atoms with Gasteiger partial charge in [-0.3, -0.25) is 0 Å². The minimum absolute atomic E-state index is 0.151. The number of hydrogen-bond acceptors (Lipinski definition) is 4. The Kier molecular flexibility index (Phi) is 3.72. The van der Waals surface area contributed by atoms with Gasteiger partial charge in [-0.1, -0.05) is 0 Å². The van der Waals surface area contributed by atoms with Gasteiger partial charge in [0.05, 0.1) is 18.3 Å². The number of nitrogens with zero attached hydrogens (tertiary/aromatic N) is 1. The zero-order valence-corrected chi connectivity index (χ0v) is 10.5. The fourth-order valence-electron chi connectivity index (χ4n) is 3.12. The molecule has 0 aromatic rings. The van der Waals surface area contributed by atoms with Crippen molar-refractivity contribution in [3.05, 3.63) is 0 Å². The van der Waals surface area contributed by atoms with E-state index in [1.807, 2.05) is 6.92 Å². The molecule has 2 fully saturated rings. The van der Waals surface area contributed by atoms with Gasteiger partial charge >= 0.3 is 0 Å². The lowest BCUT2D eigenvalue weighted by molar-refractivity contribution is -0.141. The van der Waals surface area contributed by atoms with Crippen LogP contribution in [-0.2, 0) is 4.74 Å². The van der Waals surface area contributed by atoms with E-state index in [2.05, 4.69) is 11.4 Å². The van der Waals surface area contributed by atoms with Gasteiger partial charge < -0.3 is 15.2 Å². The van der Waals surface area contributed by atoms with Crippen LogP contribution in [-0.4, -0.2) is 37.0 Å². The normalized spacial score (nSPS) is 38.1. The van der Waals surface area contributed by atoms with Crippen LogP contribution in [0.2, 0.25) is 0 Å². The van der Waals surface area contributed by atoms with E-state index < -0.39 is 11.0 Å². The number of piperidine rings is 1. The van der Waals surface area contributed by atoms with Crippen molar-refractivity contribution in [1.29, 1.82) is 5.26 Å². The summed E-state index contributed by atoms with van der Waals surface area (Å²) in [6, 6.07) is 2.35. The minimum atomic E-state index is -0.963. The van der Waals surface area contributed by atoms with E-state index in [0.717, 1.165) is 38.8 Å². The van der Waals surface area contributed by atoms with E-state index >= 15 is 0 Å². The van der Waals surface area contributed by atoms with E-state index in [-0.39, 0.29) is 5.92 Å². The largest absolute Gasteiger partial charge is 0.388 e. The van der Waals surface area contributed by atoms with Gasteiger partial charge in [0.1, 0.15) is 5.41 Å². The van der Waals surface area contributed by atoms with Crippen LogP contribution in [0.15, 0.2) is 0 Å². The molecule has 4 heteroatoms. The molecule has 2 heterocycles. The van der Waals surface area contributed by atoms with Crippen LogP contribution >= 0.6 is 0 Å². The number of hydrogen-bond donors (Lipinski definition) is 2. The van der Waals surface area contributed by atoms with E-state index in [1.165, 1.54) is 0 Å². The lowest BCUT2D eigenvalue weighted by Gasteiger charge is -2.48. The van der Waals surface area contributed by atoms with Gasteiger partial charge in [0.2, 0.25) is 0 Å². The molecule has 3 atom stereocenters. The first-order chi connectivity index (χ1) is 8.12. The first-order valence-corrected chi connectivity index (χ1v) is 6.54. The molecule has 17 heavy (non-hydrogen) atoms. The molecular formula is C13H22N2O2. The zero-order chi connectivity index (χ0) is 12.4. The van der Waals surface area contributed by atoms with E-state index in [9.17, 15) is 10.4 Å². The van der Waals surface area contributed by atoms with Crippen molar-refractivity contribution in [1.82, 2.24) is 5.32 Å². The second-order valence-electron chi connectivity index (χ2n) is 5.54. The molecule has 2 aliphatic rings. The monoisotopic (exact) mass is 238 g/mol. The van der Waals surface area contributed by atoms with Crippen LogP contribution in [0.25, 0.3) is 0 Å². The van der Waals surface area contributed by atoms with Crippen molar-refractivity contribution < 1.29 is 9.84 Å². The average molecular weight is 238 g/mol. The lowest BCUT2D eigenvalue weighted by Crippen LogP contribution is -2.57. The molecule has 0 aromatic heterocycles. The maximum absolute atomic E-state index is 10.9. The highest BCUT2D eigenvalue weighted by Gasteiger charge is 2.53. The molecule has 2 N–H and O–H groups in total. The van der Waals surface area contributed by atoms with Crippen LogP contribution in [0.3, 0.4) is 0 Å². The molecule has 0 aliphatic carbocycles. The Morgan fingerprint density at radius 3 is 2.88 bits per heavy atom. The molecule has 0 spiro atoms. The summed E-state index contributed by atoms with van der Waals surface area (Å²) >= 11 is 0. The molecule has 2 rings (SSSR count). The minimum Gasteiger partial charge on any atom is -0.388 e. The third-order valence-electron chi connectivity index (χ3n) is 4.52. The first kappa shape index (κ1) is 12.8. The summed E-state index contributed by atoms with van der Waals surface area (Å²) in [7, 11) is 0. The summed E-state index contributed by atoms with van der Waals surface area (Å²) in [6.07, 6.45) is 3.67. The molecular weight excluding hydrogens is 216 g/mol. The molecule has 4 nitrogen and oxygen atoms in total. The number of nitriles is 1. The molecule has 0 radical (unpaired) electrons. The number of rotatable bonds is 2. The Labute approximate surface area is 103 Å². The van der Waals surface area contributed by atoms with Crippen molar-refractivity contribution >= 4 is 0 Å². The summed E-state index contributed by atoms with van der Waals surface area (Å²) in [5.41, 5.74) is -1.69. The lowest BCUT2D eigenvalue weighted by atomic mass is 9.63. The maximum Gasteiger partial charge on any atom is 0.109 e. The molecule has 2 saturated heterocycles. The van der Waals surface area contributed by atoms with Gasteiger partial charge in [-0.15, -0.1) is 0 Å². The molecule has 96 valence electrons. The summed E-state index contributed by atoms with van der Waals surface area (Å²) in [5.74, 6) is 0.151. The van der Waals surface area contributed by atoms with Gasteiger partial charge in [0, 0.05) is 19.1 Å². The van der Waals surface area contributed by atoms with Crippen LogP contribution < -0.4 is 5.32 Å². The van der Waals surface area contributed by atoms with Crippen LogP contribution in [0.5, 0.6) is 0 Å². The highest BCUT2D eigenvalue weighted by Crippen LogP contribution is 2.44. The van der Waals surface area contributed by atoms with E-state index in [4.69, 9.17) is 4.74 Å². The smallest absolute Gasteiger partial charge is 0.109 e. The summed E-state index contributed by atoms with van der Waals surface area (Å²) in [4.78, 5) is 0. The van der Waals surface area contributed by atoms with E-state index in [0.29, 0.717) is 13.2 Å². The SMILES string of the molecule is CC(O)(C1CCCNC1)C1(C#N)CCCOC1. The van der Waals surface area contributed by atoms with E-state index in [1.54, 1.807) is 0 Å². The van der Waals surface area contributed by atoms with Crippen molar-refractivity contribution in [2.45, 2.75) is 38.2 Å². The fourth-order valence-corrected chi connectivity index (χ4v) is 3.12. The van der Waals surface area contributed by atoms with Crippen molar-refractivity contribution in [2.24, 2.45) is 11.3 Å². The standard InChI is InChI=1S/C13H22N2O2/c1-12(16,11-4-2-6-15-8-11)13(9-14)5-3-7-17-10-13/h11,15-16H,2-8,10H2,1H3. The second-order valence-corrected chi connectivity index (χ2v) is 5.54. The number of aliphatic hydroxyl groups is 1. The molecule has 3 unspecified atom stereocenters. The Morgan fingerprint density at radius 2 is 2.35 bits per heavy atom. The summed E-state index contributed by atoms with van der Waals surface area (Å²) in [6.45, 7) is 4.72. The van der Waals surface area contributed by atoms with Crippen molar-refractivity contribution in [3.63, 3.8) is 0 Å². The van der Waals surface area contributed by atoms with Crippen LogP contribution in [0.4, 0.5) is 0 Å². The molecule has 2 aliphatic heterocycles. The third-order valence-corrected chi connectivity index (χ3v) is 4.52. The molecule has 0 saturated carbocycles. The van der Waals surface area contributed by atoms with Gasteiger partial charge in [0.15, 0.2) is 0 Å². The highest BCUT2D eigenvalue weighted by atomic mass is 16.5. The second kappa shape index (κ2) is 4.93. The van der Waals surface area contributed by atoms with Gasteiger partial charge in [-0.05, 0) is 39.2 Å². The fraction of sp³-hybridized carbons (Fsp3) is 0.923. The maximum atomic E-state index is 10.9. The number of nitrogens with one attached hydrogen (secondary N) is 1. The zero-order valence-electron chi connectivity index (χ0n) is 10.5. The van der Waals surface area contributed by atoms with Crippen LogP contribution in [0.1, 0.15) is 32.6 Å². The number of ether oxygens (including phenoxy) is 1. The molecule has 0 amide bonds. The quantitative estimate of drug-likeness (QED) is 0.755. The Hall–Kier alpha value is -0.630. The first-order valence-electron chi connectivity index (χ1n) is 6.54. The predicted molar refractivity (Wildman–Crippen MR) is 64.3 cm³/mol. The Balaban J connectivity index is 2.18. The van der Waals surface area contributed by atoms with Crippen LogP contribution in [0, 0.1) is 22.7 Å². The van der Waals surface area contributed by atoms with Crippen molar-refractivity contribution in [3.8, 4) is 6.07 Å². The highest BCUT2D eigenvalue weighted by molar-refractivity contribution is 5.13. The Bertz CT molecular complexity index is 297. The third kappa shape index (κ3) is 2.20. The molecule has 0 bridgehead atoms. The summed E-state index contributed by atoms with van der Waals surface area (Å²) < 4.78 is 5.45. The molecule has 0 aromatic carbocycles. The topological polar surface area (TPSA) is 65.3 Å². The van der Waals surface area contributed by atoms with Gasteiger partial charge in [0.25, 0.3) is 0 Å².